The van der Waals surface area contributed by atoms with Gasteiger partial charge in [-0.05, 0) is 38.0 Å². The molecule has 0 spiro atoms. The molecule has 0 N–H and O–H groups in total. The molecule has 23 heavy (non-hydrogen) atoms. The predicted molar refractivity (Wildman–Crippen MR) is 83.8 cm³/mol. The molecule has 0 saturated carbocycles. The van der Waals surface area contributed by atoms with E-state index >= 15 is 0 Å². The number of Topliss-reactive ketones (excluding diaryl/α,β-unsaturated/α-hetero) is 1. The van der Waals surface area contributed by atoms with Gasteiger partial charge in [0.15, 0.2) is 6.29 Å². The van der Waals surface area contributed by atoms with E-state index in [1.165, 1.54) is 13.0 Å². The summed E-state index contributed by atoms with van der Waals surface area (Å²) >= 11 is 0. The van der Waals surface area contributed by atoms with Gasteiger partial charge in [-0.3, -0.25) is 9.59 Å². The van der Waals surface area contributed by atoms with Crippen molar-refractivity contribution in [2.45, 2.75) is 39.8 Å². The van der Waals surface area contributed by atoms with Crippen LogP contribution in [0, 0.1) is 5.92 Å². The highest BCUT2D eigenvalue weighted by atomic mass is 19.4. The number of hydrogen-bond acceptors (Lipinski definition) is 3. The van der Waals surface area contributed by atoms with Crippen LogP contribution in [0.5, 0.6) is 0 Å². The zero-order chi connectivity index (χ0) is 17.6. The largest absolute Gasteiger partial charge is 0.416 e. The van der Waals surface area contributed by atoms with Crippen molar-refractivity contribution in [1.82, 2.24) is 0 Å². The van der Waals surface area contributed by atoms with E-state index in [0.717, 1.165) is 12.1 Å². The van der Waals surface area contributed by atoms with Crippen LogP contribution in [-0.2, 0) is 11.0 Å². The maximum absolute atomic E-state index is 12.8. The van der Waals surface area contributed by atoms with Crippen LogP contribution in [0.25, 0.3) is 0 Å². The first-order valence-electron chi connectivity index (χ1n) is 7.74. The van der Waals surface area contributed by atoms with Crippen LogP contribution in [0.1, 0.15) is 49.5 Å². The van der Waals surface area contributed by atoms with Gasteiger partial charge in [0.05, 0.1) is 5.56 Å². The SMILES string of the molecule is CC.CC(=O)C1CCN(c2cc(C(F)(F)F)ccc2C=O)CC1. The summed E-state index contributed by atoms with van der Waals surface area (Å²) in [4.78, 5) is 24.1. The van der Waals surface area contributed by atoms with Crippen molar-refractivity contribution < 1.29 is 22.8 Å². The molecule has 0 amide bonds. The Hall–Kier alpha value is -1.85. The first kappa shape index (κ1) is 19.2. The summed E-state index contributed by atoms with van der Waals surface area (Å²) in [5, 5.41) is 0. The molecule has 2 rings (SSSR count). The highest BCUT2D eigenvalue weighted by Gasteiger charge is 2.32. The van der Waals surface area contributed by atoms with E-state index in [2.05, 4.69) is 0 Å². The summed E-state index contributed by atoms with van der Waals surface area (Å²) in [7, 11) is 0. The quantitative estimate of drug-likeness (QED) is 0.774. The summed E-state index contributed by atoms with van der Waals surface area (Å²) in [6.45, 7) is 6.49. The first-order chi connectivity index (χ1) is 10.8. The number of alkyl halides is 3. The van der Waals surface area contributed by atoms with Crippen LogP contribution in [-0.4, -0.2) is 25.2 Å². The van der Waals surface area contributed by atoms with Gasteiger partial charge in [-0.25, -0.2) is 0 Å². The molecule has 1 aromatic rings. The normalized spacial score (nSPS) is 15.7. The van der Waals surface area contributed by atoms with Gasteiger partial charge in [-0.1, -0.05) is 13.8 Å². The Morgan fingerprint density at radius 3 is 2.22 bits per heavy atom. The van der Waals surface area contributed by atoms with Crippen LogP contribution >= 0.6 is 0 Å². The summed E-state index contributed by atoms with van der Waals surface area (Å²) in [6.07, 6.45) is -2.67. The molecule has 0 bridgehead atoms. The summed E-state index contributed by atoms with van der Waals surface area (Å²) in [5.41, 5.74) is -0.233. The predicted octanol–water partition coefficient (Wildman–Crippen LogP) is 4.35. The molecule has 0 unspecified atom stereocenters. The van der Waals surface area contributed by atoms with Crippen molar-refractivity contribution in [3.8, 4) is 0 Å². The number of ketones is 1. The van der Waals surface area contributed by atoms with Crippen molar-refractivity contribution in [2.24, 2.45) is 5.92 Å². The Morgan fingerprint density at radius 2 is 1.78 bits per heavy atom. The molecule has 128 valence electrons. The lowest BCUT2D eigenvalue weighted by Crippen LogP contribution is -2.36. The Bertz CT molecular complexity index is 547. The number of anilines is 1. The van der Waals surface area contributed by atoms with Crippen LogP contribution in [0.3, 0.4) is 0 Å². The van der Waals surface area contributed by atoms with E-state index in [9.17, 15) is 22.8 Å². The summed E-state index contributed by atoms with van der Waals surface area (Å²) < 4.78 is 38.4. The topological polar surface area (TPSA) is 37.4 Å². The van der Waals surface area contributed by atoms with Gasteiger partial charge in [-0.15, -0.1) is 0 Å². The average molecular weight is 329 g/mol. The van der Waals surface area contributed by atoms with Crippen molar-refractivity contribution in [2.75, 3.05) is 18.0 Å². The number of nitrogens with zero attached hydrogens (tertiary/aromatic N) is 1. The minimum atomic E-state index is -4.44. The molecular weight excluding hydrogens is 307 g/mol. The minimum absolute atomic E-state index is 0.0354. The van der Waals surface area contributed by atoms with Gasteiger partial charge < -0.3 is 4.90 Å². The molecule has 1 aliphatic heterocycles. The van der Waals surface area contributed by atoms with E-state index in [1.807, 2.05) is 13.8 Å². The Balaban J connectivity index is 0.00000127. The number of halogens is 3. The molecule has 1 heterocycles. The Labute approximate surface area is 134 Å². The maximum Gasteiger partial charge on any atom is 0.416 e. The second-order valence-corrected chi connectivity index (χ2v) is 5.26. The van der Waals surface area contributed by atoms with Gasteiger partial charge in [0.2, 0.25) is 0 Å². The second kappa shape index (κ2) is 8.13. The third-order valence-electron chi connectivity index (χ3n) is 3.90. The molecule has 1 fully saturated rings. The molecule has 6 heteroatoms. The van der Waals surface area contributed by atoms with Crippen LogP contribution in [0.4, 0.5) is 18.9 Å². The summed E-state index contributed by atoms with van der Waals surface area (Å²) in [5.74, 6) is 0.0704. The lowest BCUT2D eigenvalue weighted by atomic mass is 9.92. The number of aldehydes is 1. The van der Waals surface area contributed by atoms with Crippen LogP contribution < -0.4 is 4.90 Å². The third-order valence-corrected chi connectivity index (χ3v) is 3.90. The highest BCUT2D eigenvalue weighted by Crippen LogP contribution is 2.34. The van der Waals surface area contributed by atoms with Gasteiger partial charge >= 0.3 is 6.18 Å². The van der Waals surface area contributed by atoms with Gasteiger partial charge in [0.25, 0.3) is 0 Å². The fourth-order valence-corrected chi connectivity index (χ4v) is 2.62. The Kier molecular flexibility index (Phi) is 6.79. The van der Waals surface area contributed by atoms with Crippen molar-refractivity contribution in [1.29, 1.82) is 0 Å². The van der Waals surface area contributed by atoms with Crippen molar-refractivity contribution in [3.05, 3.63) is 29.3 Å². The van der Waals surface area contributed by atoms with Gasteiger partial charge in [0, 0.05) is 30.3 Å². The molecule has 1 aromatic carbocycles. The number of piperidine rings is 1. The summed E-state index contributed by atoms with van der Waals surface area (Å²) in [6, 6.07) is 3.12. The van der Waals surface area contributed by atoms with E-state index in [-0.39, 0.29) is 17.3 Å². The van der Waals surface area contributed by atoms with Gasteiger partial charge in [0.1, 0.15) is 5.78 Å². The number of carbonyl (C=O) groups excluding carboxylic acids is 2. The van der Waals surface area contributed by atoms with Crippen LogP contribution in [0.2, 0.25) is 0 Å². The fraction of sp³-hybridized carbons (Fsp3) is 0.529. The highest BCUT2D eigenvalue weighted by molar-refractivity contribution is 5.85. The van der Waals surface area contributed by atoms with E-state index in [0.29, 0.717) is 37.9 Å². The number of rotatable bonds is 3. The molecule has 0 atom stereocenters. The maximum atomic E-state index is 12.8. The monoisotopic (exact) mass is 329 g/mol. The number of carbonyl (C=O) groups is 2. The molecular formula is C17H22F3NO2. The lowest BCUT2D eigenvalue weighted by Gasteiger charge is -2.33. The smallest absolute Gasteiger partial charge is 0.371 e. The standard InChI is InChI=1S/C15H16F3NO2.C2H6/c1-10(21)11-4-6-19(7-5-11)14-8-13(15(16,17)18)3-2-12(14)9-20;1-2/h2-3,8-9,11H,4-7H2,1H3;1-2H3. The van der Waals surface area contributed by atoms with Gasteiger partial charge in [-0.2, -0.15) is 13.2 Å². The lowest BCUT2D eigenvalue weighted by molar-refractivity contribution is -0.137. The van der Waals surface area contributed by atoms with E-state index in [1.54, 1.807) is 4.90 Å². The molecule has 1 aliphatic rings. The third kappa shape index (κ3) is 4.81. The average Bonchev–Trinajstić information content (AvgIpc) is 2.55. The zero-order valence-electron chi connectivity index (χ0n) is 13.6. The molecule has 3 nitrogen and oxygen atoms in total. The van der Waals surface area contributed by atoms with Crippen molar-refractivity contribution in [3.63, 3.8) is 0 Å². The molecule has 0 aliphatic carbocycles. The number of benzene rings is 1. The second-order valence-electron chi connectivity index (χ2n) is 5.26. The van der Waals surface area contributed by atoms with E-state index < -0.39 is 11.7 Å². The zero-order valence-corrected chi connectivity index (χ0v) is 13.6. The fourth-order valence-electron chi connectivity index (χ4n) is 2.62. The Morgan fingerprint density at radius 1 is 1.22 bits per heavy atom. The minimum Gasteiger partial charge on any atom is -0.371 e. The molecule has 0 aromatic heterocycles. The molecule has 1 saturated heterocycles. The molecule has 0 radical (unpaired) electrons. The van der Waals surface area contributed by atoms with Crippen molar-refractivity contribution >= 4 is 17.8 Å². The van der Waals surface area contributed by atoms with E-state index in [4.69, 9.17) is 0 Å². The van der Waals surface area contributed by atoms with Crippen LogP contribution in [0.15, 0.2) is 18.2 Å². The first-order valence-corrected chi connectivity index (χ1v) is 7.74. The number of hydrogen-bond donors (Lipinski definition) is 0.